The predicted octanol–water partition coefficient (Wildman–Crippen LogP) is 6.06. The average molecular weight is 545 g/mol. The lowest BCUT2D eigenvalue weighted by molar-refractivity contribution is 0.0517. The van der Waals surface area contributed by atoms with E-state index in [1.54, 1.807) is 77.1 Å². The van der Waals surface area contributed by atoms with Crippen LogP contribution in [0, 0.1) is 0 Å². The van der Waals surface area contributed by atoms with Crippen LogP contribution < -0.4 is 23.7 Å². The molecule has 0 amide bonds. The Hall–Kier alpha value is -4.79. The summed E-state index contributed by atoms with van der Waals surface area (Å²) in [6.07, 6.45) is 3.65. The highest BCUT2D eigenvalue weighted by Crippen LogP contribution is 2.35. The summed E-state index contributed by atoms with van der Waals surface area (Å²) in [5, 5.41) is 5.86. The first-order valence-corrected chi connectivity index (χ1v) is 12.8. The number of unbranched alkanes of at least 4 members (excludes halogenated alkanes) is 1. The molecule has 40 heavy (non-hydrogen) atoms. The van der Waals surface area contributed by atoms with E-state index in [4.69, 9.17) is 28.5 Å². The number of hydrogen-bond acceptors (Lipinski definition) is 9. The van der Waals surface area contributed by atoms with Gasteiger partial charge in [-0.25, -0.2) is 4.79 Å². The van der Waals surface area contributed by atoms with Gasteiger partial charge in [0.2, 0.25) is 0 Å². The van der Waals surface area contributed by atoms with Crippen LogP contribution in [0.2, 0.25) is 0 Å². The van der Waals surface area contributed by atoms with Gasteiger partial charge in [0.1, 0.15) is 17.2 Å². The van der Waals surface area contributed by atoms with Crippen molar-refractivity contribution < 1.29 is 33.3 Å². The molecule has 0 atom stereocenters. The fraction of sp³-hybridized carbons (Fsp3) is 0.258. The number of nitrogens with zero attached hydrogens (tertiary/aromatic N) is 2. The monoisotopic (exact) mass is 544 g/mol. The summed E-state index contributed by atoms with van der Waals surface area (Å²) in [6, 6.07) is 17.5. The standard InChI is InChI=1S/C31H32N2O7/c1-6-7-16-39-23-11-8-20(9-12-23)31(34)40-33-29(22-10-13-25(35-2)26(18-22)36-3)30-24-19-28(38-5)27(37-4)17-21(24)14-15-32-30/h8-15,17-19H,6-7,16H2,1-5H3. The van der Waals surface area contributed by atoms with E-state index in [2.05, 4.69) is 17.1 Å². The Morgan fingerprint density at radius 3 is 2.10 bits per heavy atom. The molecule has 9 nitrogen and oxygen atoms in total. The van der Waals surface area contributed by atoms with Crippen molar-refractivity contribution in [3.63, 3.8) is 0 Å². The number of hydrogen-bond donors (Lipinski definition) is 0. The van der Waals surface area contributed by atoms with Crippen LogP contribution in [0.15, 0.2) is 72.0 Å². The summed E-state index contributed by atoms with van der Waals surface area (Å²) >= 11 is 0. The van der Waals surface area contributed by atoms with Crippen molar-refractivity contribution in [1.29, 1.82) is 0 Å². The number of rotatable bonds is 12. The summed E-state index contributed by atoms with van der Waals surface area (Å²) in [5.74, 6) is 2.18. The molecule has 4 rings (SSSR count). The number of carbonyl (C=O) groups is 1. The van der Waals surface area contributed by atoms with Crippen molar-refractivity contribution in [2.75, 3.05) is 35.0 Å². The van der Waals surface area contributed by atoms with Crippen LogP contribution in [0.25, 0.3) is 10.8 Å². The minimum absolute atomic E-state index is 0.312. The van der Waals surface area contributed by atoms with Crippen LogP contribution >= 0.6 is 0 Å². The van der Waals surface area contributed by atoms with Gasteiger partial charge in [0.15, 0.2) is 23.0 Å². The lowest BCUT2D eigenvalue weighted by Gasteiger charge is -2.14. The molecule has 1 aromatic heterocycles. The minimum atomic E-state index is -0.627. The first-order valence-electron chi connectivity index (χ1n) is 12.8. The molecular weight excluding hydrogens is 512 g/mol. The van der Waals surface area contributed by atoms with Crippen molar-refractivity contribution >= 4 is 22.5 Å². The summed E-state index contributed by atoms with van der Waals surface area (Å²) in [4.78, 5) is 23.0. The Kier molecular flexibility index (Phi) is 9.40. The number of methoxy groups -OCH3 is 4. The van der Waals surface area contributed by atoms with Gasteiger partial charge in [-0.05, 0) is 72.5 Å². The first kappa shape index (κ1) is 28.2. The molecule has 4 aromatic rings. The molecule has 0 N–H and O–H groups in total. The summed E-state index contributed by atoms with van der Waals surface area (Å²) in [7, 11) is 6.23. The van der Waals surface area contributed by atoms with Gasteiger partial charge in [-0.15, -0.1) is 0 Å². The van der Waals surface area contributed by atoms with Gasteiger partial charge in [-0.1, -0.05) is 18.5 Å². The number of benzene rings is 3. The van der Waals surface area contributed by atoms with Gasteiger partial charge in [0.05, 0.1) is 40.6 Å². The number of aromatic nitrogens is 1. The van der Waals surface area contributed by atoms with Gasteiger partial charge in [0.25, 0.3) is 0 Å². The number of carbonyl (C=O) groups excluding carboxylic acids is 1. The number of fused-ring (bicyclic) bond motifs is 1. The van der Waals surface area contributed by atoms with Crippen LogP contribution in [0.3, 0.4) is 0 Å². The van der Waals surface area contributed by atoms with E-state index < -0.39 is 5.97 Å². The Morgan fingerprint density at radius 2 is 1.43 bits per heavy atom. The zero-order valence-electron chi connectivity index (χ0n) is 23.2. The molecule has 3 aromatic carbocycles. The average Bonchev–Trinajstić information content (AvgIpc) is 3.00. The molecule has 0 saturated carbocycles. The van der Waals surface area contributed by atoms with Gasteiger partial charge in [-0.2, -0.15) is 0 Å². The molecule has 0 radical (unpaired) electrons. The van der Waals surface area contributed by atoms with Crippen molar-refractivity contribution in [2.24, 2.45) is 5.16 Å². The highest BCUT2D eigenvalue weighted by Gasteiger charge is 2.19. The third-order valence-corrected chi connectivity index (χ3v) is 6.23. The Labute approximate surface area is 233 Å². The van der Waals surface area contributed by atoms with Gasteiger partial charge in [0, 0.05) is 17.1 Å². The molecule has 0 bridgehead atoms. The number of pyridine rings is 1. The molecule has 0 spiro atoms. The highest BCUT2D eigenvalue weighted by molar-refractivity contribution is 6.18. The summed E-state index contributed by atoms with van der Waals surface area (Å²) < 4.78 is 27.6. The van der Waals surface area contributed by atoms with E-state index >= 15 is 0 Å². The molecule has 9 heteroatoms. The Bertz CT molecular complexity index is 1500. The van der Waals surface area contributed by atoms with E-state index in [9.17, 15) is 4.79 Å². The fourth-order valence-corrected chi connectivity index (χ4v) is 4.07. The predicted molar refractivity (Wildman–Crippen MR) is 152 cm³/mol. The first-order chi connectivity index (χ1) is 19.5. The molecule has 0 aliphatic rings. The molecule has 0 fully saturated rings. The van der Waals surface area contributed by atoms with Crippen molar-refractivity contribution in [3.8, 4) is 28.7 Å². The summed E-state index contributed by atoms with van der Waals surface area (Å²) in [6.45, 7) is 2.72. The van der Waals surface area contributed by atoms with Gasteiger partial charge >= 0.3 is 5.97 Å². The van der Waals surface area contributed by atoms with Crippen LogP contribution in [0.4, 0.5) is 0 Å². The van der Waals surface area contributed by atoms with Gasteiger partial charge in [-0.3, -0.25) is 4.98 Å². The maximum atomic E-state index is 13.0. The maximum Gasteiger partial charge on any atom is 0.365 e. The SMILES string of the molecule is CCCCOc1ccc(C(=O)ON=C(c2ccc(OC)c(OC)c2)c2nccc3cc(OC)c(OC)cc23)cc1. The Morgan fingerprint density at radius 1 is 0.775 bits per heavy atom. The van der Waals surface area contributed by atoms with E-state index in [1.165, 1.54) is 0 Å². The lowest BCUT2D eigenvalue weighted by Crippen LogP contribution is -2.11. The third-order valence-electron chi connectivity index (χ3n) is 6.23. The zero-order chi connectivity index (χ0) is 28.5. The van der Waals surface area contributed by atoms with E-state index in [-0.39, 0.29) is 0 Å². The van der Waals surface area contributed by atoms with Crippen LogP contribution in [0.1, 0.15) is 41.4 Å². The lowest BCUT2D eigenvalue weighted by atomic mass is 10.0. The second kappa shape index (κ2) is 13.3. The second-order valence-corrected chi connectivity index (χ2v) is 8.70. The van der Waals surface area contributed by atoms with Crippen molar-refractivity contribution in [1.82, 2.24) is 4.98 Å². The smallest absolute Gasteiger partial charge is 0.365 e. The van der Waals surface area contributed by atoms with Crippen molar-refractivity contribution in [3.05, 3.63) is 83.7 Å². The topological polar surface area (TPSA) is 97.7 Å². The fourth-order valence-electron chi connectivity index (χ4n) is 4.07. The van der Waals surface area contributed by atoms with Crippen LogP contribution in [-0.2, 0) is 4.84 Å². The maximum absolute atomic E-state index is 13.0. The summed E-state index contributed by atoms with van der Waals surface area (Å²) in [5.41, 5.74) is 1.71. The van der Waals surface area contributed by atoms with Crippen molar-refractivity contribution in [2.45, 2.75) is 19.8 Å². The molecule has 208 valence electrons. The van der Waals surface area contributed by atoms with Crippen LogP contribution in [0.5, 0.6) is 28.7 Å². The van der Waals surface area contributed by atoms with Gasteiger partial charge < -0.3 is 28.5 Å². The zero-order valence-corrected chi connectivity index (χ0v) is 23.2. The quantitative estimate of drug-likeness (QED) is 0.0919. The Balaban J connectivity index is 1.76. The molecular formula is C31H32N2O7. The second-order valence-electron chi connectivity index (χ2n) is 8.70. The van der Waals surface area contributed by atoms with E-state index in [0.29, 0.717) is 57.9 Å². The van der Waals surface area contributed by atoms with E-state index in [1.807, 2.05) is 18.2 Å². The normalized spacial score (nSPS) is 11.2. The number of oxime groups is 1. The molecule has 0 unspecified atom stereocenters. The molecule has 0 aliphatic heterocycles. The molecule has 1 heterocycles. The third kappa shape index (κ3) is 6.26. The van der Waals surface area contributed by atoms with Crippen LogP contribution in [-0.4, -0.2) is 51.7 Å². The minimum Gasteiger partial charge on any atom is -0.494 e. The largest absolute Gasteiger partial charge is 0.494 e. The van der Waals surface area contributed by atoms with E-state index in [0.717, 1.165) is 23.6 Å². The number of ether oxygens (including phenoxy) is 5. The highest BCUT2D eigenvalue weighted by atomic mass is 16.7. The molecule has 0 saturated heterocycles. The molecule has 0 aliphatic carbocycles.